The lowest BCUT2D eigenvalue weighted by molar-refractivity contribution is -0.116. The number of carbonyl (C=O) groups excluding carboxylic acids is 2. The first kappa shape index (κ1) is 27.1. The molecule has 0 aliphatic heterocycles. The number of nitrogens with one attached hydrogen (secondary N) is 2. The molecule has 2 aromatic carbocycles. The van der Waals surface area contributed by atoms with Crippen molar-refractivity contribution in [1.82, 2.24) is 20.1 Å². The highest BCUT2D eigenvalue weighted by atomic mass is 35.5. The van der Waals surface area contributed by atoms with E-state index in [1.165, 1.54) is 17.8 Å². The Morgan fingerprint density at radius 3 is 2.58 bits per heavy atom. The highest BCUT2D eigenvalue weighted by molar-refractivity contribution is 7.99. The lowest BCUT2D eigenvalue weighted by Gasteiger charge is -2.09. The Balaban J connectivity index is 1.54. The molecule has 190 valence electrons. The first-order valence-electron chi connectivity index (χ1n) is 11.1. The fourth-order valence-corrected chi connectivity index (χ4v) is 4.36. The van der Waals surface area contributed by atoms with Gasteiger partial charge in [-0.3, -0.25) is 9.59 Å². The molecule has 0 atom stereocenters. The highest BCUT2D eigenvalue weighted by Gasteiger charge is 2.14. The van der Waals surface area contributed by atoms with Crippen LogP contribution < -0.4 is 20.1 Å². The number of benzene rings is 2. The number of amides is 2. The van der Waals surface area contributed by atoms with Crippen LogP contribution in [0.3, 0.4) is 0 Å². The van der Waals surface area contributed by atoms with Gasteiger partial charge in [0.1, 0.15) is 0 Å². The van der Waals surface area contributed by atoms with Crippen LogP contribution in [0.2, 0.25) is 5.02 Å². The van der Waals surface area contributed by atoms with E-state index < -0.39 is 0 Å². The van der Waals surface area contributed by atoms with Gasteiger partial charge in [0.2, 0.25) is 11.8 Å². The van der Waals surface area contributed by atoms with Gasteiger partial charge in [-0.25, -0.2) is 0 Å². The van der Waals surface area contributed by atoms with Gasteiger partial charge in [-0.1, -0.05) is 29.4 Å². The van der Waals surface area contributed by atoms with E-state index in [-0.39, 0.29) is 24.1 Å². The summed E-state index contributed by atoms with van der Waals surface area (Å²) in [5, 5.41) is 15.3. The van der Waals surface area contributed by atoms with Crippen molar-refractivity contribution in [3.05, 3.63) is 64.4 Å². The molecule has 3 rings (SSSR count). The molecule has 11 heteroatoms. The molecule has 9 nitrogen and oxygen atoms in total. The average molecular weight is 530 g/mol. The van der Waals surface area contributed by atoms with E-state index in [0.29, 0.717) is 39.7 Å². The van der Waals surface area contributed by atoms with Gasteiger partial charge in [-0.15, -0.1) is 10.2 Å². The van der Waals surface area contributed by atoms with E-state index in [1.54, 1.807) is 50.6 Å². The summed E-state index contributed by atoms with van der Waals surface area (Å²) in [5.74, 6) is 1.53. The number of anilines is 1. The standard InChI is InChI=1S/C25H28ClN5O4S/c1-5-31-22(14-27-23(32)11-7-17-6-10-20(34-3)21(13-17)35-4)29-30-25(31)36-15-24(33)28-19-9-8-18(26)12-16(19)2/h6-13H,5,14-15H2,1-4H3,(H,27,32)(H,28,33). The first-order valence-corrected chi connectivity index (χ1v) is 12.5. The van der Waals surface area contributed by atoms with Gasteiger partial charge in [-0.05, 0) is 61.4 Å². The summed E-state index contributed by atoms with van der Waals surface area (Å²) in [7, 11) is 3.12. The maximum absolute atomic E-state index is 12.4. The highest BCUT2D eigenvalue weighted by Crippen LogP contribution is 2.28. The maximum atomic E-state index is 12.4. The number of carbonyl (C=O) groups is 2. The molecule has 0 saturated heterocycles. The molecule has 0 fully saturated rings. The van der Waals surface area contributed by atoms with Crippen molar-refractivity contribution >= 4 is 46.9 Å². The van der Waals surface area contributed by atoms with Crippen molar-refractivity contribution in [2.45, 2.75) is 32.1 Å². The van der Waals surface area contributed by atoms with Crippen molar-refractivity contribution in [3.8, 4) is 11.5 Å². The Hall–Kier alpha value is -3.50. The zero-order chi connectivity index (χ0) is 26.1. The second kappa shape index (κ2) is 13.0. The summed E-state index contributed by atoms with van der Waals surface area (Å²) < 4.78 is 12.4. The second-order valence-electron chi connectivity index (χ2n) is 7.60. The second-order valence-corrected chi connectivity index (χ2v) is 8.98. The molecule has 36 heavy (non-hydrogen) atoms. The molecule has 0 spiro atoms. The molecule has 1 aromatic heterocycles. The van der Waals surface area contributed by atoms with Gasteiger partial charge in [0.25, 0.3) is 0 Å². The number of hydrogen-bond acceptors (Lipinski definition) is 7. The molecular weight excluding hydrogens is 502 g/mol. The van der Waals surface area contributed by atoms with Crippen LogP contribution in [0, 0.1) is 6.92 Å². The lowest BCUT2D eigenvalue weighted by Crippen LogP contribution is -2.22. The van der Waals surface area contributed by atoms with Crippen LogP contribution in [0.1, 0.15) is 23.9 Å². The zero-order valence-corrected chi connectivity index (χ0v) is 22.1. The zero-order valence-electron chi connectivity index (χ0n) is 20.5. The van der Waals surface area contributed by atoms with E-state index >= 15 is 0 Å². The Morgan fingerprint density at radius 2 is 1.89 bits per heavy atom. The molecule has 3 aromatic rings. The van der Waals surface area contributed by atoms with E-state index in [4.69, 9.17) is 21.1 Å². The van der Waals surface area contributed by atoms with Gasteiger partial charge < -0.3 is 24.7 Å². The summed E-state index contributed by atoms with van der Waals surface area (Å²) in [6.07, 6.45) is 3.12. The van der Waals surface area contributed by atoms with E-state index in [0.717, 1.165) is 11.1 Å². The van der Waals surface area contributed by atoms with Gasteiger partial charge in [0.05, 0.1) is 26.5 Å². The minimum atomic E-state index is -0.276. The Labute approximate surface area is 219 Å². The predicted molar refractivity (Wildman–Crippen MR) is 142 cm³/mol. The largest absolute Gasteiger partial charge is 0.493 e. The molecule has 2 amide bonds. The molecule has 0 radical (unpaired) electrons. The fourth-order valence-electron chi connectivity index (χ4n) is 3.31. The monoisotopic (exact) mass is 529 g/mol. The average Bonchev–Trinajstić information content (AvgIpc) is 3.28. The SMILES string of the molecule is CCn1c(CNC(=O)C=Cc2ccc(OC)c(OC)c2)nnc1SCC(=O)Nc1ccc(Cl)cc1C. The van der Waals surface area contributed by atoms with Crippen LogP contribution >= 0.6 is 23.4 Å². The van der Waals surface area contributed by atoms with Crippen LogP contribution in [0.25, 0.3) is 6.08 Å². The van der Waals surface area contributed by atoms with Gasteiger partial charge in [-0.2, -0.15) is 0 Å². The number of ether oxygens (including phenoxy) is 2. The number of halogens is 1. The van der Waals surface area contributed by atoms with E-state index in [9.17, 15) is 9.59 Å². The molecule has 1 heterocycles. The molecule has 0 aliphatic carbocycles. The Bertz CT molecular complexity index is 1260. The summed E-state index contributed by atoms with van der Waals surface area (Å²) in [6.45, 7) is 4.63. The molecule has 2 N–H and O–H groups in total. The number of rotatable bonds is 11. The Morgan fingerprint density at radius 1 is 1.11 bits per heavy atom. The Kier molecular flexibility index (Phi) is 9.77. The third-order valence-corrected chi connectivity index (χ3v) is 6.36. The van der Waals surface area contributed by atoms with E-state index in [1.807, 2.05) is 24.5 Å². The first-order chi connectivity index (χ1) is 17.3. The van der Waals surface area contributed by atoms with Crippen molar-refractivity contribution < 1.29 is 19.1 Å². The summed E-state index contributed by atoms with van der Waals surface area (Å²) >= 11 is 7.25. The third-order valence-electron chi connectivity index (χ3n) is 5.16. The number of aromatic nitrogens is 3. The summed E-state index contributed by atoms with van der Waals surface area (Å²) in [5.41, 5.74) is 2.40. The minimum Gasteiger partial charge on any atom is -0.493 e. The van der Waals surface area contributed by atoms with Crippen molar-refractivity contribution in [2.75, 3.05) is 25.3 Å². The van der Waals surface area contributed by atoms with Crippen molar-refractivity contribution in [2.24, 2.45) is 0 Å². The van der Waals surface area contributed by atoms with E-state index in [2.05, 4.69) is 20.8 Å². The molecule has 0 aliphatic rings. The summed E-state index contributed by atoms with van der Waals surface area (Å²) in [6, 6.07) is 10.7. The van der Waals surface area contributed by atoms with Gasteiger partial charge in [0, 0.05) is 23.3 Å². The number of nitrogens with zero attached hydrogens (tertiary/aromatic N) is 3. The molecular formula is C25H28ClN5O4S. The smallest absolute Gasteiger partial charge is 0.244 e. The predicted octanol–water partition coefficient (Wildman–Crippen LogP) is 4.34. The van der Waals surface area contributed by atoms with Gasteiger partial charge in [0.15, 0.2) is 22.5 Å². The number of aryl methyl sites for hydroxylation is 1. The van der Waals surface area contributed by atoms with Crippen LogP contribution in [0.15, 0.2) is 47.6 Å². The van der Waals surface area contributed by atoms with Crippen LogP contribution in [-0.4, -0.2) is 46.6 Å². The van der Waals surface area contributed by atoms with Crippen LogP contribution in [-0.2, 0) is 22.7 Å². The fraction of sp³-hybridized carbons (Fsp3) is 0.280. The maximum Gasteiger partial charge on any atom is 0.244 e. The number of hydrogen-bond donors (Lipinski definition) is 2. The van der Waals surface area contributed by atoms with Crippen LogP contribution in [0.5, 0.6) is 11.5 Å². The molecule has 0 saturated carbocycles. The topological polar surface area (TPSA) is 107 Å². The number of thioether (sulfide) groups is 1. The normalized spacial score (nSPS) is 10.9. The lowest BCUT2D eigenvalue weighted by atomic mass is 10.2. The summed E-state index contributed by atoms with van der Waals surface area (Å²) in [4.78, 5) is 24.7. The quantitative estimate of drug-likeness (QED) is 0.281. The van der Waals surface area contributed by atoms with Crippen molar-refractivity contribution in [1.29, 1.82) is 0 Å². The number of methoxy groups -OCH3 is 2. The third kappa shape index (κ3) is 7.25. The van der Waals surface area contributed by atoms with Gasteiger partial charge >= 0.3 is 0 Å². The molecule has 0 bridgehead atoms. The van der Waals surface area contributed by atoms with Crippen molar-refractivity contribution in [3.63, 3.8) is 0 Å². The molecule has 0 unspecified atom stereocenters. The van der Waals surface area contributed by atoms with Crippen LogP contribution in [0.4, 0.5) is 5.69 Å². The minimum absolute atomic E-state index is 0.161.